The highest BCUT2D eigenvalue weighted by atomic mass is 19.4. The average Bonchev–Trinajstić information content (AvgIpc) is 2.93. The first kappa shape index (κ1) is 31.6. The Morgan fingerprint density at radius 3 is 2.12 bits per heavy atom. The van der Waals surface area contributed by atoms with Crippen LogP contribution < -0.4 is 10.2 Å². The van der Waals surface area contributed by atoms with Gasteiger partial charge in [-0.05, 0) is 23.8 Å². The van der Waals surface area contributed by atoms with Gasteiger partial charge in [0, 0.05) is 44.1 Å². The van der Waals surface area contributed by atoms with Gasteiger partial charge in [0.25, 0.3) is 0 Å². The zero-order valence-electron chi connectivity index (χ0n) is 20.2. The third-order valence-corrected chi connectivity index (χ3v) is 4.59. The lowest BCUT2D eigenvalue weighted by Gasteiger charge is -2.34. The molecule has 4 heterocycles. The van der Waals surface area contributed by atoms with Crippen molar-refractivity contribution in [1.82, 2.24) is 24.9 Å². The molecule has 0 amide bonds. The van der Waals surface area contributed by atoms with Gasteiger partial charge in [-0.3, -0.25) is 4.98 Å². The van der Waals surface area contributed by atoms with E-state index in [-0.39, 0.29) is 6.04 Å². The number of ether oxygens (including phenoxy) is 1. The summed E-state index contributed by atoms with van der Waals surface area (Å²) in [5.74, 6) is -3.40. The number of carbonyl (C=O) groups is 2. The summed E-state index contributed by atoms with van der Waals surface area (Å²) in [6.45, 7) is 2.49. The lowest BCUT2D eigenvalue weighted by Crippen LogP contribution is -2.41. The molecule has 3 aromatic heterocycles. The van der Waals surface area contributed by atoms with Crippen LogP contribution in [-0.4, -0.2) is 79.2 Å². The lowest BCUT2D eigenvalue weighted by atomic mass is 10.2. The minimum atomic E-state index is -5.08. The van der Waals surface area contributed by atoms with Crippen molar-refractivity contribution in [3.63, 3.8) is 0 Å². The molecule has 1 unspecified atom stereocenters. The number of hydrogen-bond acceptors (Lipinski definition) is 10. The molecule has 216 valence electrons. The molecule has 40 heavy (non-hydrogen) atoms. The molecule has 0 aromatic carbocycles. The van der Waals surface area contributed by atoms with Gasteiger partial charge in [-0.2, -0.15) is 26.3 Å². The molecule has 0 radical (unpaired) electrons. The predicted octanol–water partition coefficient (Wildman–Crippen LogP) is 3.12. The van der Waals surface area contributed by atoms with Crippen LogP contribution in [0.2, 0.25) is 0 Å². The molecule has 1 aliphatic heterocycles. The third-order valence-electron chi connectivity index (χ3n) is 4.59. The number of nitrogens with zero attached hydrogens (tertiary/aromatic N) is 6. The highest BCUT2D eigenvalue weighted by molar-refractivity contribution is 5.73. The van der Waals surface area contributed by atoms with Crippen LogP contribution in [0.15, 0.2) is 55.2 Å². The first-order chi connectivity index (χ1) is 18.8. The first-order valence-electron chi connectivity index (χ1n) is 11.0. The summed E-state index contributed by atoms with van der Waals surface area (Å²) < 4.78 is 69.1. The van der Waals surface area contributed by atoms with Crippen LogP contribution in [0, 0.1) is 0 Å². The maximum Gasteiger partial charge on any atom is 0.490 e. The lowest BCUT2D eigenvalue weighted by molar-refractivity contribution is -0.193. The maximum absolute atomic E-state index is 10.6. The zero-order valence-corrected chi connectivity index (χ0v) is 20.2. The SMILES string of the molecule is O=C(O)C(F)(F)F.O=C(O)C(F)(F)F.c1cnc(N2CCOCC2c2nccc(NCc3cccnc3)n2)nc1. The minimum absolute atomic E-state index is 0.119. The summed E-state index contributed by atoms with van der Waals surface area (Å²) in [7, 11) is 0. The second-order valence-electron chi connectivity index (χ2n) is 7.45. The van der Waals surface area contributed by atoms with E-state index in [1.807, 2.05) is 24.4 Å². The van der Waals surface area contributed by atoms with Crippen LogP contribution in [0.4, 0.5) is 38.1 Å². The standard InChI is InChI=1S/C18H19N7O.2C2HF3O2/c1-3-14(11-19-5-1)12-23-16-4-8-20-17(24-16)15-13-26-10-9-25(15)18-21-6-2-7-22-18;2*3-2(4,5)1(6)7/h1-8,11,15H,9-10,12-13H2,(H,20,23,24);2*(H,6,7). The van der Waals surface area contributed by atoms with Crippen LogP contribution in [0.25, 0.3) is 0 Å². The van der Waals surface area contributed by atoms with E-state index in [1.165, 1.54) is 0 Å². The van der Waals surface area contributed by atoms with Crippen LogP contribution in [-0.2, 0) is 20.9 Å². The monoisotopic (exact) mass is 577 g/mol. The van der Waals surface area contributed by atoms with E-state index in [2.05, 4.69) is 35.1 Å². The number of carboxylic acids is 2. The van der Waals surface area contributed by atoms with Gasteiger partial charge in [0.1, 0.15) is 11.9 Å². The van der Waals surface area contributed by atoms with E-state index in [1.54, 1.807) is 30.9 Å². The number of hydrogen-bond donors (Lipinski definition) is 3. The molecule has 1 aliphatic rings. The number of morpholine rings is 1. The average molecular weight is 577 g/mol. The van der Waals surface area contributed by atoms with E-state index >= 15 is 0 Å². The smallest absolute Gasteiger partial charge is 0.475 e. The quantitative estimate of drug-likeness (QED) is 0.380. The van der Waals surface area contributed by atoms with E-state index in [9.17, 15) is 26.3 Å². The Morgan fingerprint density at radius 1 is 0.950 bits per heavy atom. The fraction of sp³-hybridized carbons (Fsp3) is 0.318. The highest BCUT2D eigenvalue weighted by Gasteiger charge is 2.38. The number of halogens is 6. The van der Waals surface area contributed by atoms with Crippen LogP contribution in [0.1, 0.15) is 17.4 Å². The van der Waals surface area contributed by atoms with Crippen LogP contribution in [0.5, 0.6) is 0 Å². The molecular weight excluding hydrogens is 556 g/mol. The van der Waals surface area contributed by atoms with Gasteiger partial charge >= 0.3 is 24.3 Å². The molecule has 1 saturated heterocycles. The molecule has 0 bridgehead atoms. The van der Waals surface area contributed by atoms with Gasteiger partial charge in [0.15, 0.2) is 5.82 Å². The fourth-order valence-electron chi connectivity index (χ4n) is 2.82. The molecule has 0 saturated carbocycles. The number of pyridine rings is 1. The molecule has 3 aromatic rings. The van der Waals surface area contributed by atoms with Gasteiger partial charge in [0.05, 0.1) is 13.2 Å². The summed E-state index contributed by atoms with van der Waals surface area (Å²) >= 11 is 0. The van der Waals surface area contributed by atoms with Gasteiger partial charge in [0.2, 0.25) is 5.95 Å². The summed E-state index contributed by atoms with van der Waals surface area (Å²) in [5.41, 5.74) is 1.09. The second-order valence-corrected chi connectivity index (χ2v) is 7.45. The summed E-state index contributed by atoms with van der Waals surface area (Å²) in [5, 5.41) is 17.6. The maximum atomic E-state index is 10.6. The Bertz CT molecular complexity index is 1200. The van der Waals surface area contributed by atoms with Gasteiger partial charge < -0.3 is 25.2 Å². The number of rotatable bonds is 5. The number of aromatic nitrogens is 5. The Morgan fingerprint density at radius 2 is 1.57 bits per heavy atom. The van der Waals surface area contributed by atoms with E-state index < -0.39 is 24.3 Å². The minimum Gasteiger partial charge on any atom is -0.475 e. The number of carboxylic acid groups (broad SMARTS) is 2. The fourth-order valence-corrected chi connectivity index (χ4v) is 2.82. The Kier molecular flexibility index (Phi) is 11.5. The Labute approximate surface area is 221 Å². The van der Waals surface area contributed by atoms with Crippen molar-refractivity contribution in [3.8, 4) is 0 Å². The van der Waals surface area contributed by atoms with Crippen molar-refractivity contribution < 1.29 is 50.9 Å². The molecule has 12 nitrogen and oxygen atoms in total. The molecule has 1 atom stereocenters. The normalized spacial score (nSPS) is 15.1. The zero-order chi connectivity index (χ0) is 29.8. The van der Waals surface area contributed by atoms with E-state index in [0.29, 0.717) is 38.1 Å². The van der Waals surface area contributed by atoms with Gasteiger partial charge in [-0.15, -0.1) is 0 Å². The molecule has 0 aliphatic carbocycles. The van der Waals surface area contributed by atoms with Crippen molar-refractivity contribution in [2.75, 3.05) is 30.0 Å². The topological polar surface area (TPSA) is 164 Å². The Hall–Kier alpha value is -4.61. The largest absolute Gasteiger partial charge is 0.490 e. The molecule has 4 rings (SSSR count). The van der Waals surface area contributed by atoms with Crippen molar-refractivity contribution >= 4 is 23.7 Å². The molecular formula is C22H21F6N7O5. The molecule has 1 fully saturated rings. The van der Waals surface area contributed by atoms with Crippen LogP contribution >= 0.6 is 0 Å². The number of aliphatic carboxylic acids is 2. The van der Waals surface area contributed by atoms with E-state index in [4.69, 9.17) is 24.5 Å². The van der Waals surface area contributed by atoms with Gasteiger partial charge in [-0.1, -0.05) is 6.07 Å². The number of anilines is 2. The third kappa shape index (κ3) is 10.6. The summed E-state index contributed by atoms with van der Waals surface area (Å²) in [6.07, 6.45) is -1.34. The predicted molar refractivity (Wildman–Crippen MR) is 124 cm³/mol. The molecule has 3 N–H and O–H groups in total. The number of nitrogens with one attached hydrogen (secondary N) is 1. The van der Waals surface area contributed by atoms with Crippen molar-refractivity contribution in [2.24, 2.45) is 0 Å². The first-order valence-corrected chi connectivity index (χ1v) is 11.0. The molecule has 18 heteroatoms. The highest BCUT2D eigenvalue weighted by Crippen LogP contribution is 2.25. The summed E-state index contributed by atoms with van der Waals surface area (Å²) in [6, 6.07) is 7.47. The molecule has 0 spiro atoms. The van der Waals surface area contributed by atoms with Crippen LogP contribution in [0.3, 0.4) is 0 Å². The van der Waals surface area contributed by atoms with Crippen molar-refractivity contribution in [2.45, 2.75) is 24.9 Å². The van der Waals surface area contributed by atoms with Crippen molar-refractivity contribution in [1.29, 1.82) is 0 Å². The second kappa shape index (κ2) is 14.5. The van der Waals surface area contributed by atoms with Crippen molar-refractivity contribution in [3.05, 3.63) is 66.6 Å². The van der Waals surface area contributed by atoms with E-state index in [0.717, 1.165) is 11.4 Å². The number of alkyl halides is 6. The summed E-state index contributed by atoms with van der Waals surface area (Å²) in [4.78, 5) is 41.8. The Balaban J connectivity index is 0.000000333. The van der Waals surface area contributed by atoms with Gasteiger partial charge in [-0.25, -0.2) is 29.5 Å².